The number of hydrogen-bond acceptors (Lipinski definition) is 3. The number of benzene rings is 1. The van der Waals surface area contributed by atoms with E-state index in [1.165, 1.54) is 12.7 Å². The van der Waals surface area contributed by atoms with E-state index >= 15 is 0 Å². The van der Waals surface area contributed by atoms with Gasteiger partial charge in [0, 0.05) is 12.3 Å². The van der Waals surface area contributed by atoms with Crippen molar-refractivity contribution in [3.05, 3.63) is 34.4 Å². The summed E-state index contributed by atoms with van der Waals surface area (Å²) >= 11 is 0. The molecule has 1 saturated carbocycles. The Kier molecular flexibility index (Phi) is 4.74. The molecule has 1 aliphatic rings. The number of ether oxygens (including phenoxy) is 1. The molecule has 0 heterocycles. The highest BCUT2D eigenvalue weighted by Gasteiger charge is 2.52. The van der Waals surface area contributed by atoms with Crippen molar-refractivity contribution in [1.82, 2.24) is 0 Å². The molecule has 1 aliphatic carbocycles. The second kappa shape index (κ2) is 6.23. The van der Waals surface area contributed by atoms with E-state index in [0.717, 1.165) is 16.7 Å². The topological polar surface area (TPSA) is 43.4 Å². The molecule has 0 spiro atoms. The van der Waals surface area contributed by atoms with Gasteiger partial charge in [-0.25, -0.2) is 0 Å². The second-order valence-electron chi connectivity index (χ2n) is 6.81. The molecule has 22 heavy (non-hydrogen) atoms. The molecule has 1 aromatic rings. The second-order valence-corrected chi connectivity index (χ2v) is 6.81. The molecule has 3 heteroatoms. The van der Waals surface area contributed by atoms with Crippen molar-refractivity contribution in [2.75, 3.05) is 7.11 Å². The molecular formula is C19H26O3. The Morgan fingerprint density at radius 2 is 1.50 bits per heavy atom. The number of rotatable bonds is 4. The van der Waals surface area contributed by atoms with Gasteiger partial charge in [-0.3, -0.25) is 9.59 Å². The Morgan fingerprint density at radius 1 is 1.00 bits per heavy atom. The Hall–Kier alpha value is -1.64. The number of hydrogen-bond donors (Lipinski definition) is 0. The van der Waals surface area contributed by atoms with Gasteiger partial charge in [0.2, 0.25) is 0 Å². The zero-order chi connectivity index (χ0) is 16.6. The van der Waals surface area contributed by atoms with Crippen molar-refractivity contribution in [3.8, 4) is 0 Å². The molecule has 0 amide bonds. The lowest BCUT2D eigenvalue weighted by Crippen LogP contribution is -2.52. The summed E-state index contributed by atoms with van der Waals surface area (Å²) in [6, 6.07) is 4.22. The minimum absolute atomic E-state index is 0.163. The lowest BCUT2D eigenvalue weighted by atomic mass is 9.56. The van der Waals surface area contributed by atoms with E-state index in [4.69, 9.17) is 4.74 Å². The van der Waals surface area contributed by atoms with Crippen molar-refractivity contribution in [2.24, 2.45) is 23.7 Å². The number of esters is 1. The fourth-order valence-electron chi connectivity index (χ4n) is 3.93. The van der Waals surface area contributed by atoms with Gasteiger partial charge in [0.25, 0.3) is 0 Å². The first-order chi connectivity index (χ1) is 10.3. The molecule has 0 N–H and O–H groups in total. The van der Waals surface area contributed by atoms with E-state index in [1.807, 2.05) is 20.8 Å². The zero-order valence-corrected chi connectivity index (χ0v) is 14.4. The van der Waals surface area contributed by atoms with Crippen LogP contribution in [0.2, 0.25) is 0 Å². The van der Waals surface area contributed by atoms with Crippen LogP contribution in [-0.2, 0) is 20.7 Å². The highest BCUT2D eigenvalue weighted by atomic mass is 16.5. The van der Waals surface area contributed by atoms with E-state index in [0.29, 0.717) is 6.42 Å². The summed E-state index contributed by atoms with van der Waals surface area (Å²) < 4.78 is 4.88. The Labute approximate surface area is 133 Å². The third-order valence-electron chi connectivity index (χ3n) is 5.39. The van der Waals surface area contributed by atoms with Crippen molar-refractivity contribution in [1.29, 1.82) is 0 Å². The molecule has 4 unspecified atom stereocenters. The van der Waals surface area contributed by atoms with Crippen molar-refractivity contribution in [3.63, 3.8) is 0 Å². The standard InChI is InChI=1S/C19H26O3/c1-10-7-11(2)15(12(3)8-10)9-16(20)17-13(4)14(5)18(17)19(21)22-6/h7-8,13-14,17-18H,9H2,1-6H3. The molecule has 4 atom stereocenters. The van der Waals surface area contributed by atoms with Crippen LogP contribution in [0.1, 0.15) is 36.1 Å². The fourth-order valence-corrected chi connectivity index (χ4v) is 3.93. The predicted molar refractivity (Wildman–Crippen MR) is 86.7 cm³/mol. The molecule has 1 aromatic carbocycles. The summed E-state index contributed by atoms with van der Waals surface area (Å²) in [6.45, 7) is 10.2. The first kappa shape index (κ1) is 16.7. The molecule has 3 nitrogen and oxygen atoms in total. The number of carbonyl (C=O) groups is 2. The van der Waals surface area contributed by atoms with Gasteiger partial charge in [-0.2, -0.15) is 0 Å². The van der Waals surface area contributed by atoms with E-state index in [-0.39, 0.29) is 35.4 Å². The van der Waals surface area contributed by atoms with Gasteiger partial charge in [0.05, 0.1) is 13.0 Å². The average Bonchev–Trinajstić information content (AvgIpc) is 2.46. The lowest BCUT2D eigenvalue weighted by molar-refractivity contribution is -0.165. The van der Waals surface area contributed by atoms with Crippen LogP contribution in [0.4, 0.5) is 0 Å². The van der Waals surface area contributed by atoms with Crippen LogP contribution in [0.25, 0.3) is 0 Å². The third-order valence-corrected chi connectivity index (χ3v) is 5.39. The van der Waals surface area contributed by atoms with Crippen LogP contribution in [0.3, 0.4) is 0 Å². The number of aryl methyl sites for hydroxylation is 3. The normalized spacial score (nSPS) is 27.2. The highest BCUT2D eigenvalue weighted by molar-refractivity contribution is 5.90. The molecule has 0 aromatic heterocycles. The quantitative estimate of drug-likeness (QED) is 0.801. The predicted octanol–water partition coefficient (Wildman–Crippen LogP) is 3.41. The molecule has 0 aliphatic heterocycles. The summed E-state index contributed by atoms with van der Waals surface area (Å²) in [5.41, 5.74) is 4.62. The summed E-state index contributed by atoms with van der Waals surface area (Å²) in [5.74, 6) is -0.122. The van der Waals surface area contributed by atoms with Crippen LogP contribution in [-0.4, -0.2) is 18.9 Å². The molecule has 1 fully saturated rings. The maximum absolute atomic E-state index is 12.8. The summed E-state index contributed by atoms with van der Waals surface area (Å²) in [5, 5.41) is 0. The highest BCUT2D eigenvalue weighted by Crippen LogP contribution is 2.47. The Morgan fingerprint density at radius 3 is 2.00 bits per heavy atom. The van der Waals surface area contributed by atoms with Crippen LogP contribution < -0.4 is 0 Å². The van der Waals surface area contributed by atoms with E-state index in [9.17, 15) is 9.59 Å². The van der Waals surface area contributed by atoms with Crippen molar-refractivity contribution >= 4 is 11.8 Å². The van der Waals surface area contributed by atoms with Crippen LogP contribution in [0, 0.1) is 44.4 Å². The maximum Gasteiger partial charge on any atom is 0.309 e. The largest absolute Gasteiger partial charge is 0.469 e. The van der Waals surface area contributed by atoms with Crippen LogP contribution in [0.5, 0.6) is 0 Å². The molecule has 0 radical (unpaired) electrons. The van der Waals surface area contributed by atoms with E-state index in [2.05, 4.69) is 26.0 Å². The first-order valence-corrected chi connectivity index (χ1v) is 7.95. The van der Waals surface area contributed by atoms with Gasteiger partial charge in [0.1, 0.15) is 5.78 Å². The van der Waals surface area contributed by atoms with Gasteiger partial charge in [-0.15, -0.1) is 0 Å². The van der Waals surface area contributed by atoms with E-state index < -0.39 is 0 Å². The van der Waals surface area contributed by atoms with E-state index in [1.54, 1.807) is 0 Å². The minimum Gasteiger partial charge on any atom is -0.469 e. The summed E-state index contributed by atoms with van der Waals surface area (Å²) in [7, 11) is 1.40. The summed E-state index contributed by atoms with van der Waals surface area (Å²) in [6.07, 6.45) is 0.410. The van der Waals surface area contributed by atoms with Gasteiger partial charge in [0.15, 0.2) is 0 Å². The van der Waals surface area contributed by atoms with Crippen LogP contribution >= 0.6 is 0 Å². The molecule has 120 valence electrons. The number of carbonyl (C=O) groups excluding carboxylic acids is 2. The van der Waals surface area contributed by atoms with Crippen molar-refractivity contribution < 1.29 is 14.3 Å². The van der Waals surface area contributed by atoms with Gasteiger partial charge < -0.3 is 4.74 Å². The Bertz CT molecular complexity index is 580. The number of Topliss-reactive ketones (excluding diaryl/α,β-unsaturated/α-hetero) is 1. The van der Waals surface area contributed by atoms with Gasteiger partial charge in [-0.05, 0) is 49.3 Å². The Balaban J connectivity index is 2.21. The SMILES string of the molecule is COC(=O)C1C(C)C(C)C1C(=O)Cc1c(C)cc(C)cc1C. The van der Waals surface area contributed by atoms with Crippen LogP contribution in [0.15, 0.2) is 12.1 Å². The lowest BCUT2D eigenvalue weighted by Gasteiger charge is -2.46. The average molecular weight is 302 g/mol. The minimum atomic E-state index is -0.279. The monoisotopic (exact) mass is 302 g/mol. The van der Waals surface area contributed by atoms with Crippen molar-refractivity contribution in [2.45, 2.75) is 41.0 Å². The summed E-state index contributed by atoms with van der Waals surface area (Å²) in [4.78, 5) is 24.7. The fraction of sp³-hybridized carbons (Fsp3) is 0.579. The zero-order valence-electron chi connectivity index (χ0n) is 14.4. The van der Waals surface area contributed by atoms with Gasteiger partial charge >= 0.3 is 5.97 Å². The smallest absolute Gasteiger partial charge is 0.309 e. The molecular weight excluding hydrogens is 276 g/mol. The molecule has 2 rings (SSSR count). The maximum atomic E-state index is 12.8. The molecule has 0 bridgehead atoms. The number of methoxy groups -OCH3 is 1. The van der Waals surface area contributed by atoms with Gasteiger partial charge in [-0.1, -0.05) is 31.5 Å². The third kappa shape index (κ3) is 2.81. The number of ketones is 1. The molecule has 0 saturated heterocycles. The first-order valence-electron chi connectivity index (χ1n) is 7.95.